The van der Waals surface area contributed by atoms with Gasteiger partial charge in [0.2, 0.25) is 5.69 Å². The van der Waals surface area contributed by atoms with Crippen molar-refractivity contribution in [3.05, 3.63) is 114 Å². The van der Waals surface area contributed by atoms with Crippen LogP contribution in [0.2, 0.25) is 0 Å². The standard InChI is InChI=1S/C35H32NO/c1-23-10-6-7-11-27(23)32-21-26(18-19-36(32)5)28-16-14-24(20-31(28)35(2,3)4)25-15-17-30-29-12-8-9-13-33(29)37-34(30)22-25/h6-22H,1-5H3/q+1. The summed E-state index contributed by atoms with van der Waals surface area (Å²) in [6.45, 7) is 9.06. The molecule has 2 heterocycles. The summed E-state index contributed by atoms with van der Waals surface area (Å²) in [4.78, 5) is 0. The van der Waals surface area contributed by atoms with E-state index in [9.17, 15) is 0 Å². The van der Waals surface area contributed by atoms with Gasteiger partial charge in [-0.15, -0.1) is 0 Å². The Morgan fingerprint density at radius 2 is 1.32 bits per heavy atom. The van der Waals surface area contributed by atoms with E-state index in [2.05, 4.69) is 130 Å². The van der Waals surface area contributed by atoms with E-state index in [1.54, 1.807) is 0 Å². The number of fused-ring (bicyclic) bond motifs is 3. The Morgan fingerprint density at radius 3 is 2.14 bits per heavy atom. The topological polar surface area (TPSA) is 17.0 Å². The molecule has 0 bridgehead atoms. The van der Waals surface area contributed by atoms with Gasteiger partial charge in [0.15, 0.2) is 6.20 Å². The van der Waals surface area contributed by atoms with E-state index >= 15 is 0 Å². The lowest BCUT2D eigenvalue weighted by atomic mass is 9.80. The Morgan fingerprint density at radius 1 is 0.622 bits per heavy atom. The molecule has 0 saturated heterocycles. The molecule has 0 spiro atoms. The molecule has 0 aliphatic carbocycles. The molecule has 0 saturated carbocycles. The third-order valence-electron chi connectivity index (χ3n) is 7.42. The smallest absolute Gasteiger partial charge is 0.213 e. The molecule has 6 rings (SSSR count). The Labute approximate surface area is 218 Å². The largest absolute Gasteiger partial charge is 0.456 e. The molecular weight excluding hydrogens is 450 g/mol. The van der Waals surface area contributed by atoms with Crippen LogP contribution in [0, 0.1) is 6.92 Å². The van der Waals surface area contributed by atoms with E-state index in [4.69, 9.17) is 4.42 Å². The van der Waals surface area contributed by atoms with Crippen molar-refractivity contribution in [3.8, 4) is 33.5 Å². The number of furan rings is 1. The summed E-state index contributed by atoms with van der Waals surface area (Å²) < 4.78 is 8.39. The number of aromatic nitrogens is 1. The van der Waals surface area contributed by atoms with E-state index in [1.165, 1.54) is 44.6 Å². The van der Waals surface area contributed by atoms with Crippen molar-refractivity contribution < 1.29 is 8.98 Å². The summed E-state index contributed by atoms with van der Waals surface area (Å²) in [5.41, 5.74) is 11.8. The highest BCUT2D eigenvalue weighted by molar-refractivity contribution is 6.05. The highest BCUT2D eigenvalue weighted by Crippen LogP contribution is 2.38. The lowest BCUT2D eigenvalue weighted by Gasteiger charge is -2.24. The molecule has 0 amide bonds. The fourth-order valence-electron chi connectivity index (χ4n) is 5.37. The molecule has 0 unspecified atom stereocenters. The maximum Gasteiger partial charge on any atom is 0.213 e. The van der Waals surface area contributed by atoms with Crippen LogP contribution in [-0.2, 0) is 12.5 Å². The van der Waals surface area contributed by atoms with E-state index in [0.29, 0.717) is 0 Å². The molecule has 37 heavy (non-hydrogen) atoms. The molecule has 0 N–H and O–H groups in total. The predicted molar refractivity (Wildman–Crippen MR) is 155 cm³/mol. The third-order valence-corrected chi connectivity index (χ3v) is 7.42. The quantitative estimate of drug-likeness (QED) is 0.230. The fourth-order valence-corrected chi connectivity index (χ4v) is 5.37. The van der Waals surface area contributed by atoms with Gasteiger partial charge in [0, 0.05) is 28.5 Å². The second-order valence-electron chi connectivity index (χ2n) is 11.0. The molecule has 0 fully saturated rings. The molecule has 0 aliphatic heterocycles. The average Bonchev–Trinajstić information content (AvgIpc) is 3.26. The van der Waals surface area contributed by atoms with Gasteiger partial charge in [-0.1, -0.05) is 81.4 Å². The predicted octanol–water partition coefficient (Wildman–Crippen LogP) is 9.02. The minimum Gasteiger partial charge on any atom is -0.456 e. The Bertz CT molecular complexity index is 1780. The number of hydrogen-bond acceptors (Lipinski definition) is 1. The van der Waals surface area contributed by atoms with Crippen molar-refractivity contribution in [1.82, 2.24) is 0 Å². The summed E-state index contributed by atoms with van der Waals surface area (Å²) in [5, 5.41) is 2.32. The van der Waals surface area contributed by atoms with Crippen LogP contribution in [0.5, 0.6) is 0 Å². The summed E-state index contributed by atoms with van der Waals surface area (Å²) in [5.74, 6) is 0. The first-order valence-corrected chi connectivity index (χ1v) is 12.9. The minimum absolute atomic E-state index is 0.0182. The maximum absolute atomic E-state index is 6.18. The first kappa shape index (κ1) is 23.2. The number of hydrogen-bond donors (Lipinski definition) is 0. The molecule has 4 aromatic carbocycles. The SMILES string of the molecule is Cc1ccccc1-c1cc(-c2ccc(-c3ccc4c(c3)oc3ccccc34)cc2C(C)(C)C)cc[n+]1C. The van der Waals surface area contributed by atoms with Crippen LogP contribution in [0.4, 0.5) is 0 Å². The van der Waals surface area contributed by atoms with Crippen LogP contribution in [0.1, 0.15) is 31.9 Å². The lowest BCUT2D eigenvalue weighted by Crippen LogP contribution is -2.30. The van der Waals surface area contributed by atoms with Crippen LogP contribution in [0.15, 0.2) is 108 Å². The number of nitrogens with zero attached hydrogens (tertiary/aromatic N) is 1. The highest BCUT2D eigenvalue weighted by atomic mass is 16.3. The number of benzene rings is 4. The summed E-state index contributed by atoms with van der Waals surface area (Å²) in [7, 11) is 2.12. The van der Waals surface area contributed by atoms with Crippen molar-refractivity contribution >= 4 is 21.9 Å². The van der Waals surface area contributed by atoms with E-state index in [1.807, 2.05) is 12.1 Å². The molecule has 182 valence electrons. The second-order valence-corrected chi connectivity index (χ2v) is 11.0. The number of aryl methyl sites for hydroxylation is 2. The van der Waals surface area contributed by atoms with Crippen LogP contribution < -0.4 is 4.57 Å². The van der Waals surface area contributed by atoms with Gasteiger partial charge in [0.25, 0.3) is 0 Å². The van der Waals surface area contributed by atoms with Crippen LogP contribution in [0.3, 0.4) is 0 Å². The van der Waals surface area contributed by atoms with Gasteiger partial charge in [-0.3, -0.25) is 0 Å². The highest BCUT2D eigenvalue weighted by Gasteiger charge is 2.22. The fraction of sp³-hybridized carbons (Fsp3) is 0.171. The molecule has 2 aromatic heterocycles. The lowest BCUT2D eigenvalue weighted by molar-refractivity contribution is -0.660. The van der Waals surface area contributed by atoms with E-state index < -0.39 is 0 Å². The second kappa shape index (κ2) is 8.74. The average molecular weight is 483 g/mol. The zero-order valence-corrected chi connectivity index (χ0v) is 22.2. The first-order valence-electron chi connectivity index (χ1n) is 12.9. The Hall–Kier alpha value is -4.17. The van der Waals surface area contributed by atoms with Crippen LogP contribution in [-0.4, -0.2) is 0 Å². The molecule has 2 nitrogen and oxygen atoms in total. The third kappa shape index (κ3) is 4.13. The summed E-state index contributed by atoms with van der Waals surface area (Å²) in [6.07, 6.45) is 2.17. The molecule has 2 heteroatoms. The van der Waals surface area contributed by atoms with Crippen molar-refractivity contribution in [1.29, 1.82) is 0 Å². The number of para-hydroxylation sites is 1. The van der Waals surface area contributed by atoms with Gasteiger partial charge in [0.1, 0.15) is 18.2 Å². The van der Waals surface area contributed by atoms with Crippen molar-refractivity contribution in [2.75, 3.05) is 0 Å². The van der Waals surface area contributed by atoms with E-state index in [0.717, 1.165) is 21.9 Å². The van der Waals surface area contributed by atoms with Crippen molar-refractivity contribution in [2.45, 2.75) is 33.1 Å². The van der Waals surface area contributed by atoms with Crippen LogP contribution >= 0.6 is 0 Å². The Balaban J connectivity index is 1.48. The van der Waals surface area contributed by atoms with Crippen molar-refractivity contribution in [2.24, 2.45) is 7.05 Å². The Kier molecular flexibility index (Phi) is 5.49. The van der Waals surface area contributed by atoms with E-state index in [-0.39, 0.29) is 5.41 Å². The zero-order valence-electron chi connectivity index (χ0n) is 22.2. The maximum atomic E-state index is 6.18. The monoisotopic (exact) mass is 482 g/mol. The molecule has 0 atom stereocenters. The van der Waals surface area contributed by atoms with Crippen LogP contribution in [0.25, 0.3) is 55.4 Å². The van der Waals surface area contributed by atoms with Gasteiger partial charge in [-0.2, -0.15) is 0 Å². The first-order chi connectivity index (χ1) is 17.8. The zero-order chi connectivity index (χ0) is 25.7. The van der Waals surface area contributed by atoms with Crippen molar-refractivity contribution in [3.63, 3.8) is 0 Å². The number of pyridine rings is 1. The van der Waals surface area contributed by atoms with Gasteiger partial charge >= 0.3 is 0 Å². The van der Waals surface area contributed by atoms with Gasteiger partial charge in [-0.25, -0.2) is 4.57 Å². The number of rotatable bonds is 3. The summed E-state index contributed by atoms with van der Waals surface area (Å²) >= 11 is 0. The minimum atomic E-state index is -0.0182. The normalized spacial score (nSPS) is 11.9. The molecular formula is C35H32NO+. The van der Waals surface area contributed by atoms with Gasteiger partial charge in [0.05, 0.1) is 0 Å². The summed E-state index contributed by atoms with van der Waals surface area (Å²) in [6, 6.07) is 34.9. The molecule has 6 aromatic rings. The van der Waals surface area contributed by atoms with Gasteiger partial charge < -0.3 is 4.42 Å². The van der Waals surface area contributed by atoms with Gasteiger partial charge in [-0.05, 0) is 70.0 Å². The molecule has 0 radical (unpaired) electrons. The molecule has 0 aliphatic rings.